The molecule has 1 heterocycles. The normalized spacial score (nSPS) is 15.2. The topological polar surface area (TPSA) is 30.7 Å². The molecular formula is C13H14ClN3. The van der Waals surface area contributed by atoms with Gasteiger partial charge in [-0.25, -0.2) is 0 Å². The lowest BCUT2D eigenvalue weighted by Gasteiger charge is -2.12. The highest BCUT2D eigenvalue weighted by atomic mass is 35.5. The van der Waals surface area contributed by atoms with E-state index in [9.17, 15) is 0 Å². The molecule has 0 aliphatic heterocycles. The number of nitrogens with zero attached hydrogens (tertiary/aromatic N) is 3. The minimum atomic E-state index is 0.459. The quantitative estimate of drug-likeness (QED) is 0.814. The largest absolute Gasteiger partial charge is 0.269 e. The van der Waals surface area contributed by atoms with Crippen LogP contribution in [0.15, 0.2) is 18.2 Å². The van der Waals surface area contributed by atoms with Crippen LogP contribution in [0, 0.1) is 13.8 Å². The maximum absolute atomic E-state index is 6.16. The van der Waals surface area contributed by atoms with E-state index in [-0.39, 0.29) is 0 Å². The van der Waals surface area contributed by atoms with Gasteiger partial charge in [-0.05, 0) is 55.5 Å². The number of aryl methyl sites for hydroxylation is 1. The molecule has 0 amide bonds. The van der Waals surface area contributed by atoms with E-state index < -0.39 is 0 Å². The second kappa shape index (κ2) is 3.84. The fourth-order valence-corrected chi connectivity index (χ4v) is 2.30. The highest BCUT2D eigenvalue weighted by molar-refractivity contribution is 6.28. The second-order valence-corrected chi connectivity index (χ2v) is 4.99. The monoisotopic (exact) mass is 247 g/mol. The zero-order chi connectivity index (χ0) is 12.0. The third kappa shape index (κ3) is 1.75. The summed E-state index contributed by atoms with van der Waals surface area (Å²) >= 11 is 6.16. The molecule has 3 rings (SSSR count). The zero-order valence-electron chi connectivity index (χ0n) is 9.94. The summed E-state index contributed by atoms with van der Waals surface area (Å²) in [4.78, 5) is 0. The second-order valence-electron chi connectivity index (χ2n) is 4.66. The van der Waals surface area contributed by atoms with Crippen molar-refractivity contribution in [3.63, 3.8) is 0 Å². The van der Waals surface area contributed by atoms with Crippen LogP contribution in [-0.2, 0) is 0 Å². The van der Waals surface area contributed by atoms with Gasteiger partial charge in [0.05, 0.1) is 5.69 Å². The molecule has 0 atom stereocenters. The molecule has 4 heteroatoms. The smallest absolute Gasteiger partial charge is 0.229 e. The van der Waals surface area contributed by atoms with Crippen LogP contribution in [-0.4, -0.2) is 14.8 Å². The summed E-state index contributed by atoms with van der Waals surface area (Å²) in [5.41, 5.74) is 3.59. The summed E-state index contributed by atoms with van der Waals surface area (Å²) in [5, 5.41) is 8.67. The summed E-state index contributed by atoms with van der Waals surface area (Å²) in [7, 11) is 0. The third-order valence-corrected chi connectivity index (χ3v) is 3.65. The van der Waals surface area contributed by atoms with Crippen molar-refractivity contribution in [1.82, 2.24) is 14.8 Å². The van der Waals surface area contributed by atoms with Crippen LogP contribution < -0.4 is 0 Å². The summed E-state index contributed by atoms with van der Waals surface area (Å²) in [6.45, 7) is 4.21. The molecule has 17 heavy (non-hydrogen) atoms. The van der Waals surface area contributed by atoms with E-state index in [1.807, 2.05) is 10.6 Å². The van der Waals surface area contributed by atoms with Crippen molar-refractivity contribution in [2.24, 2.45) is 0 Å². The number of benzene rings is 1. The highest BCUT2D eigenvalue weighted by Gasteiger charge is 2.30. The van der Waals surface area contributed by atoms with Gasteiger partial charge in [-0.15, -0.1) is 10.2 Å². The molecule has 0 N–H and O–H groups in total. The van der Waals surface area contributed by atoms with Crippen molar-refractivity contribution in [2.75, 3.05) is 0 Å². The molecule has 2 aromatic rings. The predicted molar refractivity (Wildman–Crippen MR) is 67.8 cm³/mol. The van der Waals surface area contributed by atoms with Crippen molar-refractivity contribution in [3.05, 3.63) is 40.4 Å². The van der Waals surface area contributed by atoms with Crippen molar-refractivity contribution < 1.29 is 0 Å². The van der Waals surface area contributed by atoms with Crippen molar-refractivity contribution >= 4 is 11.6 Å². The Bertz CT molecular complexity index is 570. The van der Waals surface area contributed by atoms with Crippen LogP contribution in [0.3, 0.4) is 0 Å². The van der Waals surface area contributed by atoms with Gasteiger partial charge in [0.2, 0.25) is 5.28 Å². The maximum Gasteiger partial charge on any atom is 0.229 e. The Morgan fingerprint density at radius 3 is 2.71 bits per heavy atom. The van der Waals surface area contributed by atoms with E-state index in [2.05, 4.69) is 36.2 Å². The molecule has 1 saturated carbocycles. The van der Waals surface area contributed by atoms with Crippen LogP contribution in [0.4, 0.5) is 0 Å². The Kier molecular flexibility index (Phi) is 2.44. The van der Waals surface area contributed by atoms with Crippen molar-refractivity contribution in [3.8, 4) is 5.69 Å². The molecule has 3 nitrogen and oxygen atoms in total. The zero-order valence-corrected chi connectivity index (χ0v) is 10.7. The van der Waals surface area contributed by atoms with Gasteiger partial charge in [0.1, 0.15) is 5.82 Å². The Morgan fingerprint density at radius 1 is 1.24 bits per heavy atom. The number of hydrogen-bond donors (Lipinski definition) is 0. The molecule has 1 aliphatic rings. The van der Waals surface area contributed by atoms with Crippen LogP contribution in [0.25, 0.3) is 5.69 Å². The van der Waals surface area contributed by atoms with E-state index >= 15 is 0 Å². The van der Waals surface area contributed by atoms with E-state index in [1.54, 1.807) is 0 Å². The fraction of sp³-hybridized carbons (Fsp3) is 0.385. The van der Waals surface area contributed by atoms with Gasteiger partial charge in [0.15, 0.2) is 0 Å². The molecule has 1 aromatic carbocycles. The van der Waals surface area contributed by atoms with Gasteiger partial charge in [-0.2, -0.15) is 0 Å². The number of hydrogen-bond acceptors (Lipinski definition) is 2. The average Bonchev–Trinajstić information content (AvgIpc) is 3.08. The molecule has 0 unspecified atom stereocenters. The summed E-state index contributed by atoms with van der Waals surface area (Å²) < 4.78 is 1.99. The van der Waals surface area contributed by atoms with Crippen LogP contribution in [0.2, 0.25) is 5.28 Å². The summed E-state index contributed by atoms with van der Waals surface area (Å²) in [6.07, 6.45) is 2.39. The molecular weight excluding hydrogens is 234 g/mol. The Hall–Kier alpha value is -1.35. The standard InChI is InChI=1S/C13H14ClN3/c1-8-4-3-5-11(9(8)2)17-12(10-6-7-10)15-16-13(17)14/h3-5,10H,6-7H2,1-2H3. The van der Waals surface area contributed by atoms with Crippen LogP contribution in [0.1, 0.15) is 35.7 Å². The first kappa shape index (κ1) is 10.8. The fourth-order valence-electron chi connectivity index (χ4n) is 2.08. The maximum atomic E-state index is 6.16. The van der Waals surface area contributed by atoms with E-state index in [4.69, 9.17) is 11.6 Å². The van der Waals surface area contributed by atoms with Crippen molar-refractivity contribution in [2.45, 2.75) is 32.6 Å². The Labute approximate surface area is 105 Å². The molecule has 0 bridgehead atoms. The van der Waals surface area contributed by atoms with E-state index in [0.717, 1.165) is 11.5 Å². The van der Waals surface area contributed by atoms with Gasteiger partial charge in [0.25, 0.3) is 0 Å². The van der Waals surface area contributed by atoms with Gasteiger partial charge >= 0.3 is 0 Å². The molecule has 0 saturated heterocycles. The minimum absolute atomic E-state index is 0.459. The first-order valence-corrected chi connectivity index (χ1v) is 6.23. The number of halogens is 1. The van der Waals surface area contributed by atoms with E-state index in [1.165, 1.54) is 24.0 Å². The van der Waals surface area contributed by atoms with Crippen molar-refractivity contribution in [1.29, 1.82) is 0 Å². The third-order valence-electron chi connectivity index (χ3n) is 3.41. The van der Waals surface area contributed by atoms with Gasteiger partial charge in [-0.3, -0.25) is 4.57 Å². The first-order chi connectivity index (χ1) is 8.18. The molecule has 0 spiro atoms. The van der Waals surface area contributed by atoms with Crippen LogP contribution >= 0.6 is 11.6 Å². The lowest BCUT2D eigenvalue weighted by molar-refractivity contribution is 0.866. The van der Waals surface area contributed by atoms with Gasteiger partial charge in [-0.1, -0.05) is 12.1 Å². The van der Waals surface area contributed by atoms with Gasteiger partial charge in [0, 0.05) is 5.92 Å². The molecule has 0 radical (unpaired) electrons. The average molecular weight is 248 g/mol. The van der Waals surface area contributed by atoms with E-state index in [0.29, 0.717) is 11.2 Å². The summed E-state index contributed by atoms with van der Waals surface area (Å²) in [6, 6.07) is 6.22. The van der Waals surface area contributed by atoms with Gasteiger partial charge < -0.3 is 0 Å². The lowest BCUT2D eigenvalue weighted by Crippen LogP contribution is -2.03. The molecule has 88 valence electrons. The predicted octanol–water partition coefficient (Wildman–Crippen LogP) is 3.41. The number of aromatic nitrogens is 3. The highest BCUT2D eigenvalue weighted by Crippen LogP contribution is 2.41. The SMILES string of the molecule is Cc1cccc(-n2c(Cl)nnc2C2CC2)c1C. The molecule has 1 aliphatic carbocycles. The number of rotatable bonds is 2. The van der Waals surface area contributed by atoms with Crippen LogP contribution in [0.5, 0.6) is 0 Å². The Morgan fingerprint density at radius 2 is 2.00 bits per heavy atom. The molecule has 1 fully saturated rings. The lowest BCUT2D eigenvalue weighted by atomic mass is 10.1. The Balaban J connectivity index is 2.20. The minimum Gasteiger partial charge on any atom is -0.269 e. The molecule has 1 aromatic heterocycles. The first-order valence-electron chi connectivity index (χ1n) is 5.86. The summed E-state index contributed by atoms with van der Waals surface area (Å²) in [5.74, 6) is 1.54.